The number of hydrogen-bond acceptors (Lipinski definition) is 6. The Morgan fingerprint density at radius 2 is 2.04 bits per heavy atom. The molecule has 0 amide bonds. The fraction of sp³-hybridized carbons (Fsp3) is 0.133. The fourth-order valence-electron chi connectivity index (χ4n) is 2.12. The third-order valence-electron chi connectivity index (χ3n) is 3.24. The van der Waals surface area contributed by atoms with Crippen molar-refractivity contribution in [2.45, 2.75) is 0 Å². The molecule has 0 atom stereocenters. The number of nitriles is 1. The van der Waals surface area contributed by atoms with Crippen LogP contribution in [0.25, 0.3) is 5.69 Å². The molecule has 0 fully saturated rings. The molecule has 0 unspecified atom stereocenters. The Morgan fingerprint density at radius 3 is 2.57 bits per heavy atom. The second-order valence-corrected chi connectivity index (χ2v) is 4.47. The average molecular weight is 315 g/mol. The van der Waals surface area contributed by atoms with Gasteiger partial charge in [0.25, 0.3) is 0 Å². The Labute approximate surface area is 131 Å². The van der Waals surface area contributed by atoms with E-state index in [1.54, 1.807) is 0 Å². The third kappa shape index (κ3) is 2.67. The monoisotopic (exact) mass is 315 g/mol. The number of methoxy groups -OCH3 is 2. The van der Waals surface area contributed by atoms with E-state index in [0.717, 1.165) is 0 Å². The molecule has 8 heteroatoms. The molecule has 0 saturated heterocycles. The molecule has 1 aromatic heterocycles. The summed E-state index contributed by atoms with van der Waals surface area (Å²) in [4.78, 5) is 23.1. The van der Waals surface area contributed by atoms with Crippen LogP contribution in [0.4, 0.5) is 5.69 Å². The molecule has 2 aromatic rings. The first-order valence-corrected chi connectivity index (χ1v) is 6.35. The van der Waals surface area contributed by atoms with Gasteiger partial charge in [0.2, 0.25) is 0 Å². The fourth-order valence-corrected chi connectivity index (χ4v) is 2.12. The molecule has 0 aliphatic rings. The van der Waals surface area contributed by atoms with E-state index >= 15 is 0 Å². The zero-order valence-electron chi connectivity index (χ0n) is 12.4. The second-order valence-electron chi connectivity index (χ2n) is 4.47. The number of nitrogens with two attached hydrogens (primary N) is 1. The van der Waals surface area contributed by atoms with E-state index in [0.29, 0.717) is 5.69 Å². The number of ether oxygens (including phenoxy) is 2. The van der Waals surface area contributed by atoms with Crippen molar-refractivity contribution in [3.05, 3.63) is 41.2 Å². The van der Waals surface area contributed by atoms with Crippen LogP contribution in [0.2, 0.25) is 0 Å². The Morgan fingerprint density at radius 1 is 1.35 bits per heavy atom. The number of anilines is 1. The molecule has 0 bridgehead atoms. The third-order valence-corrected chi connectivity index (χ3v) is 3.24. The highest BCUT2D eigenvalue weighted by atomic mass is 16.5. The highest BCUT2D eigenvalue weighted by Crippen LogP contribution is 2.28. The molecular weight excluding hydrogens is 302 g/mol. The number of nitrogen functional groups attached to an aromatic ring is 1. The number of carboxylic acid groups (broad SMARTS) is 1. The molecule has 2 rings (SSSR count). The molecule has 8 nitrogen and oxygen atoms in total. The van der Waals surface area contributed by atoms with Crippen LogP contribution in [0.1, 0.15) is 26.4 Å². The van der Waals surface area contributed by atoms with Crippen LogP contribution in [-0.2, 0) is 4.74 Å². The minimum absolute atomic E-state index is 0.0133. The van der Waals surface area contributed by atoms with Crippen LogP contribution in [0.15, 0.2) is 24.4 Å². The maximum absolute atomic E-state index is 11.9. The lowest BCUT2D eigenvalue weighted by molar-refractivity contribution is 0.0592. The van der Waals surface area contributed by atoms with Gasteiger partial charge < -0.3 is 24.9 Å². The van der Waals surface area contributed by atoms with Crippen molar-refractivity contribution < 1.29 is 24.2 Å². The molecule has 118 valence electrons. The number of rotatable bonds is 4. The van der Waals surface area contributed by atoms with Crippen molar-refractivity contribution in [3.63, 3.8) is 0 Å². The summed E-state index contributed by atoms with van der Waals surface area (Å²) in [5.74, 6) is -1.76. The number of carboxylic acids is 1. The van der Waals surface area contributed by atoms with Crippen LogP contribution >= 0.6 is 0 Å². The normalized spacial score (nSPS) is 9.96. The van der Waals surface area contributed by atoms with Gasteiger partial charge in [-0.1, -0.05) is 0 Å². The summed E-state index contributed by atoms with van der Waals surface area (Å²) in [5.41, 5.74) is 6.25. The largest absolute Gasteiger partial charge is 0.496 e. The number of carbonyl (C=O) groups is 2. The molecule has 0 aliphatic heterocycles. The smallest absolute Gasteiger partial charge is 0.357 e. The van der Waals surface area contributed by atoms with Crippen LogP contribution in [0.5, 0.6) is 5.75 Å². The van der Waals surface area contributed by atoms with Gasteiger partial charge in [-0.15, -0.1) is 0 Å². The van der Waals surface area contributed by atoms with Crippen molar-refractivity contribution in [2.24, 2.45) is 0 Å². The van der Waals surface area contributed by atoms with Crippen molar-refractivity contribution in [1.29, 1.82) is 5.26 Å². The number of aromatic carboxylic acids is 1. The van der Waals surface area contributed by atoms with Crippen LogP contribution in [0.3, 0.4) is 0 Å². The highest BCUT2D eigenvalue weighted by molar-refractivity contribution is 5.96. The SMILES string of the molecule is COC(=O)c1c(N)c(C#N)cn1-c1ccc(C(=O)O)c(OC)c1. The van der Waals surface area contributed by atoms with Gasteiger partial charge in [0.05, 0.1) is 25.5 Å². The zero-order valence-corrected chi connectivity index (χ0v) is 12.4. The minimum Gasteiger partial charge on any atom is -0.496 e. The minimum atomic E-state index is -1.15. The predicted octanol–water partition coefficient (Wildman–Crippen LogP) is 1.42. The number of aromatic nitrogens is 1. The summed E-state index contributed by atoms with van der Waals surface area (Å²) in [6, 6.07) is 6.12. The Kier molecular flexibility index (Phi) is 4.23. The Bertz CT molecular complexity index is 832. The molecule has 0 aliphatic carbocycles. The first-order chi connectivity index (χ1) is 10.9. The number of carbonyl (C=O) groups excluding carboxylic acids is 1. The molecule has 1 aromatic carbocycles. The number of esters is 1. The first kappa shape index (κ1) is 15.9. The van der Waals surface area contributed by atoms with E-state index in [9.17, 15) is 9.59 Å². The number of nitrogens with zero attached hydrogens (tertiary/aromatic N) is 2. The molecule has 23 heavy (non-hydrogen) atoms. The maximum Gasteiger partial charge on any atom is 0.357 e. The van der Waals surface area contributed by atoms with Gasteiger partial charge in [0.1, 0.15) is 17.4 Å². The highest BCUT2D eigenvalue weighted by Gasteiger charge is 2.22. The van der Waals surface area contributed by atoms with E-state index < -0.39 is 11.9 Å². The van der Waals surface area contributed by atoms with Gasteiger partial charge in [-0.2, -0.15) is 5.26 Å². The van der Waals surface area contributed by atoms with Gasteiger partial charge in [-0.25, -0.2) is 9.59 Å². The van der Waals surface area contributed by atoms with Gasteiger partial charge in [0, 0.05) is 18.0 Å². The molecule has 1 heterocycles. The second kappa shape index (κ2) is 6.11. The summed E-state index contributed by atoms with van der Waals surface area (Å²) in [6.07, 6.45) is 1.37. The van der Waals surface area contributed by atoms with Gasteiger partial charge in [-0.05, 0) is 12.1 Å². The lowest BCUT2D eigenvalue weighted by Crippen LogP contribution is -2.11. The molecule has 0 radical (unpaired) electrons. The lowest BCUT2D eigenvalue weighted by atomic mass is 10.1. The molecular formula is C15H13N3O5. The predicted molar refractivity (Wildman–Crippen MR) is 79.7 cm³/mol. The quantitative estimate of drug-likeness (QED) is 0.816. The van der Waals surface area contributed by atoms with Crippen molar-refractivity contribution in [3.8, 4) is 17.5 Å². The standard InChI is InChI=1S/C15H13N3O5/c1-22-11-5-9(3-4-10(11)14(19)20)18-7-8(6-16)12(17)13(18)15(21)23-2/h3-5,7H,17H2,1-2H3,(H,19,20). The lowest BCUT2D eigenvalue weighted by Gasteiger charge is -2.11. The molecule has 0 saturated carbocycles. The van der Waals surface area contributed by atoms with Crippen molar-refractivity contribution >= 4 is 17.6 Å². The zero-order chi connectivity index (χ0) is 17.1. The Hall–Kier alpha value is -3.47. The van der Waals surface area contributed by atoms with E-state index in [2.05, 4.69) is 4.74 Å². The first-order valence-electron chi connectivity index (χ1n) is 6.35. The molecule has 0 spiro atoms. The van der Waals surface area contributed by atoms with Gasteiger partial charge >= 0.3 is 11.9 Å². The Balaban J connectivity index is 2.70. The summed E-state index contributed by atoms with van der Waals surface area (Å²) in [5, 5.41) is 18.2. The average Bonchev–Trinajstić information content (AvgIpc) is 2.89. The number of hydrogen-bond donors (Lipinski definition) is 2. The summed E-state index contributed by atoms with van der Waals surface area (Å²) < 4.78 is 11.1. The number of benzene rings is 1. The van der Waals surface area contributed by atoms with Gasteiger partial charge in [0.15, 0.2) is 5.69 Å². The van der Waals surface area contributed by atoms with Crippen LogP contribution < -0.4 is 10.5 Å². The van der Waals surface area contributed by atoms with Crippen LogP contribution in [-0.4, -0.2) is 35.8 Å². The van der Waals surface area contributed by atoms with E-state index in [4.69, 9.17) is 20.8 Å². The summed E-state index contributed by atoms with van der Waals surface area (Å²) >= 11 is 0. The van der Waals surface area contributed by atoms with Gasteiger partial charge in [-0.3, -0.25) is 0 Å². The maximum atomic E-state index is 11.9. The summed E-state index contributed by atoms with van der Waals surface area (Å²) in [7, 11) is 2.52. The van der Waals surface area contributed by atoms with Crippen molar-refractivity contribution in [2.75, 3.05) is 20.0 Å². The van der Waals surface area contributed by atoms with Crippen LogP contribution in [0, 0.1) is 11.3 Å². The van der Waals surface area contributed by atoms with E-state index in [1.807, 2.05) is 6.07 Å². The van der Waals surface area contributed by atoms with E-state index in [1.165, 1.54) is 43.2 Å². The van der Waals surface area contributed by atoms with E-state index in [-0.39, 0.29) is 28.3 Å². The topological polar surface area (TPSA) is 128 Å². The summed E-state index contributed by atoms with van der Waals surface area (Å²) in [6.45, 7) is 0. The van der Waals surface area contributed by atoms with Crippen molar-refractivity contribution in [1.82, 2.24) is 4.57 Å². The molecule has 3 N–H and O–H groups in total.